The Balaban J connectivity index is 1.33. The minimum atomic E-state index is -4.41. The van der Waals surface area contributed by atoms with Crippen LogP contribution in [-0.4, -0.2) is 79.4 Å². The summed E-state index contributed by atoms with van der Waals surface area (Å²) in [4.78, 5) is 43.8. The van der Waals surface area contributed by atoms with Crippen molar-refractivity contribution in [3.63, 3.8) is 0 Å². The highest BCUT2D eigenvalue weighted by Gasteiger charge is 2.36. The molecule has 0 spiro atoms. The zero-order valence-electron chi connectivity index (χ0n) is 21.5. The largest absolute Gasteiger partial charge is 0.416 e. The van der Waals surface area contributed by atoms with E-state index in [1.165, 1.54) is 11.0 Å². The van der Waals surface area contributed by atoms with Crippen molar-refractivity contribution < 1.29 is 27.6 Å². The maximum atomic E-state index is 13.2. The van der Waals surface area contributed by atoms with Gasteiger partial charge < -0.3 is 20.4 Å². The first-order valence-corrected chi connectivity index (χ1v) is 12.6. The molecule has 0 aliphatic carbocycles. The molecule has 2 aliphatic heterocycles. The number of alkyl halides is 3. The SMILES string of the molecule is Cc1cc(C)cc(NC(=O)C[C@H]2C(=O)NCCN2C(=O)CN2CCN(c3cccc(C(F)(F)F)c3)CC2)c1. The van der Waals surface area contributed by atoms with Crippen molar-refractivity contribution in [3.8, 4) is 0 Å². The molecule has 8 nitrogen and oxygen atoms in total. The van der Waals surface area contributed by atoms with E-state index in [0.717, 1.165) is 23.3 Å². The minimum Gasteiger partial charge on any atom is -0.369 e. The van der Waals surface area contributed by atoms with Crippen LogP contribution in [0.1, 0.15) is 23.1 Å². The van der Waals surface area contributed by atoms with Gasteiger partial charge in [0.1, 0.15) is 6.04 Å². The summed E-state index contributed by atoms with van der Waals surface area (Å²) in [5.41, 5.74) is 2.44. The number of piperazine rings is 2. The molecule has 4 rings (SSSR count). The topological polar surface area (TPSA) is 85.0 Å². The van der Waals surface area contributed by atoms with E-state index in [0.29, 0.717) is 50.6 Å². The highest BCUT2D eigenvalue weighted by molar-refractivity contribution is 5.97. The molecule has 0 bridgehead atoms. The predicted molar refractivity (Wildman–Crippen MR) is 138 cm³/mol. The summed E-state index contributed by atoms with van der Waals surface area (Å²) in [6.07, 6.45) is -4.56. The Morgan fingerprint density at radius 1 is 1.00 bits per heavy atom. The van der Waals surface area contributed by atoms with Gasteiger partial charge >= 0.3 is 6.18 Å². The lowest BCUT2D eigenvalue weighted by molar-refractivity contribution is -0.145. The monoisotopic (exact) mass is 531 g/mol. The van der Waals surface area contributed by atoms with Crippen molar-refractivity contribution in [3.05, 3.63) is 59.2 Å². The lowest BCUT2D eigenvalue weighted by Gasteiger charge is -2.39. The maximum Gasteiger partial charge on any atom is 0.416 e. The Bertz CT molecular complexity index is 1170. The first kappa shape index (κ1) is 27.4. The van der Waals surface area contributed by atoms with Crippen LogP contribution < -0.4 is 15.5 Å². The molecule has 2 aromatic rings. The average Bonchev–Trinajstić information content (AvgIpc) is 2.84. The molecule has 0 aromatic heterocycles. The van der Waals surface area contributed by atoms with Crippen molar-refractivity contribution in [1.82, 2.24) is 15.1 Å². The molecule has 2 fully saturated rings. The van der Waals surface area contributed by atoms with Gasteiger partial charge in [-0.2, -0.15) is 13.2 Å². The number of carbonyl (C=O) groups excluding carboxylic acids is 3. The number of benzene rings is 2. The quantitative estimate of drug-likeness (QED) is 0.599. The number of rotatable bonds is 6. The van der Waals surface area contributed by atoms with Crippen LogP contribution in [0.5, 0.6) is 0 Å². The van der Waals surface area contributed by atoms with E-state index in [-0.39, 0.29) is 30.7 Å². The number of amides is 3. The maximum absolute atomic E-state index is 13.2. The molecule has 2 N–H and O–H groups in total. The van der Waals surface area contributed by atoms with Crippen molar-refractivity contribution in [2.24, 2.45) is 0 Å². The standard InChI is InChI=1S/C27H32F3N5O3/c1-18-12-19(2)14-21(13-18)32-24(36)16-23-26(38)31-6-7-35(23)25(37)17-33-8-10-34(11-9-33)22-5-3-4-20(15-22)27(28,29)30/h3-5,12-15,23H,6-11,16-17H2,1-2H3,(H,31,38)(H,32,36)/t23-/m0/s1. The molecular formula is C27H32F3N5O3. The number of anilines is 2. The van der Waals surface area contributed by atoms with Gasteiger partial charge in [-0.1, -0.05) is 12.1 Å². The number of hydrogen-bond acceptors (Lipinski definition) is 5. The minimum absolute atomic E-state index is 0.0684. The molecule has 0 unspecified atom stereocenters. The fourth-order valence-corrected chi connectivity index (χ4v) is 4.98. The van der Waals surface area contributed by atoms with Crippen LogP contribution >= 0.6 is 0 Å². The fourth-order valence-electron chi connectivity index (χ4n) is 4.98. The Morgan fingerprint density at radius 2 is 1.68 bits per heavy atom. The van der Waals surface area contributed by atoms with Crippen LogP contribution in [0.3, 0.4) is 0 Å². The van der Waals surface area contributed by atoms with Gasteiger partial charge in [0, 0.05) is 50.6 Å². The number of nitrogens with one attached hydrogen (secondary N) is 2. The third-order valence-corrected chi connectivity index (χ3v) is 6.81. The summed E-state index contributed by atoms with van der Waals surface area (Å²) in [6.45, 7) is 6.44. The fraction of sp³-hybridized carbons (Fsp3) is 0.444. The molecule has 2 heterocycles. The molecule has 3 amide bonds. The smallest absolute Gasteiger partial charge is 0.369 e. The van der Waals surface area contributed by atoms with Crippen molar-refractivity contribution >= 4 is 29.1 Å². The molecule has 2 aromatic carbocycles. The Kier molecular flexibility index (Phi) is 8.25. The summed E-state index contributed by atoms with van der Waals surface area (Å²) >= 11 is 0. The van der Waals surface area contributed by atoms with E-state index >= 15 is 0 Å². The second kappa shape index (κ2) is 11.4. The van der Waals surface area contributed by atoms with Crippen LogP contribution in [0, 0.1) is 13.8 Å². The Morgan fingerprint density at radius 3 is 2.34 bits per heavy atom. The summed E-state index contributed by atoms with van der Waals surface area (Å²) < 4.78 is 39.2. The Hall–Kier alpha value is -3.60. The van der Waals surface area contributed by atoms with Crippen molar-refractivity contribution in [1.29, 1.82) is 0 Å². The molecule has 2 aliphatic rings. The van der Waals surface area contributed by atoms with Crippen LogP contribution in [-0.2, 0) is 20.6 Å². The van der Waals surface area contributed by atoms with E-state index in [9.17, 15) is 27.6 Å². The summed E-state index contributed by atoms with van der Waals surface area (Å²) in [5, 5.41) is 5.56. The first-order chi connectivity index (χ1) is 18.0. The van der Waals surface area contributed by atoms with Crippen molar-refractivity contribution in [2.75, 3.05) is 56.0 Å². The number of nitrogens with zero attached hydrogens (tertiary/aromatic N) is 3. The van der Waals surface area contributed by atoms with Gasteiger partial charge in [0.2, 0.25) is 17.7 Å². The molecule has 204 valence electrons. The highest BCUT2D eigenvalue weighted by Crippen LogP contribution is 2.32. The van der Waals surface area contributed by atoms with Gasteiger partial charge in [0.15, 0.2) is 0 Å². The average molecular weight is 532 g/mol. The lowest BCUT2D eigenvalue weighted by Crippen LogP contribution is -2.60. The molecule has 1 atom stereocenters. The zero-order valence-corrected chi connectivity index (χ0v) is 21.5. The normalized spacial score (nSPS) is 18.8. The van der Waals surface area contributed by atoms with Gasteiger partial charge in [0.25, 0.3) is 0 Å². The number of carbonyl (C=O) groups is 3. The van der Waals surface area contributed by atoms with Crippen LogP contribution in [0.25, 0.3) is 0 Å². The second-order valence-electron chi connectivity index (χ2n) is 9.83. The van der Waals surface area contributed by atoms with E-state index < -0.39 is 17.8 Å². The number of halogens is 3. The second-order valence-corrected chi connectivity index (χ2v) is 9.83. The summed E-state index contributed by atoms with van der Waals surface area (Å²) in [5.74, 6) is -0.976. The zero-order chi connectivity index (χ0) is 27.4. The molecule has 11 heteroatoms. The molecule has 38 heavy (non-hydrogen) atoms. The van der Waals surface area contributed by atoms with E-state index in [2.05, 4.69) is 10.6 Å². The number of aryl methyl sites for hydroxylation is 2. The predicted octanol–water partition coefficient (Wildman–Crippen LogP) is 2.80. The number of hydrogen-bond donors (Lipinski definition) is 2. The van der Waals surface area contributed by atoms with Crippen LogP contribution in [0.15, 0.2) is 42.5 Å². The van der Waals surface area contributed by atoms with Crippen LogP contribution in [0.4, 0.5) is 24.5 Å². The third kappa shape index (κ3) is 6.83. The lowest BCUT2D eigenvalue weighted by atomic mass is 10.1. The Labute approximate surface area is 219 Å². The van der Waals surface area contributed by atoms with E-state index in [1.54, 1.807) is 6.07 Å². The highest BCUT2D eigenvalue weighted by atomic mass is 19.4. The van der Waals surface area contributed by atoms with Gasteiger partial charge in [-0.25, -0.2) is 0 Å². The van der Waals surface area contributed by atoms with Gasteiger partial charge in [-0.3, -0.25) is 19.3 Å². The molecule has 0 radical (unpaired) electrons. The third-order valence-electron chi connectivity index (χ3n) is 6.81. The molecular weight excluding hydrogens is 499 g/mol. The molecule has 2 saturated heterocycles. The van der Waals surface area contributed by atoms with Crippen LogP contribution in [0.2, 0.25) is 0 Å². The summed E-state index contributed by atoms with van der Waals surface area (Å²) in [6, 6.07) is 9.99. The van der Waals surface area contributed by atoms with Gasteiger partial charge in [-0.05, 0) is 55.3 Å². The van der Waals surface area contributed by atoms with E-state index in [1.807, 2.05) is 41.8 Å². The summed E-state index contributed by atoms with van der Waals surface area (Å²) in [7, 11) is 0. The molecule has 0 saturated carbocycles. The first-order valence-electron chi connectivity index (χ1n) is 12.6. The van der Waals surface area contributed by atoms with E-state index in [4.69, 9.17) is 0 Å². The van der Waals surface area contributed by atoms with Crippen molar-refractivity contribution in [2.45, 2.75) is 32.5 Å². The van der Waals surface area contributed by atoms with Gasteiger partial charge in [-0.15, -0.1) is 0 Å². The van der Waals surface area contributed by atoms with Gasteiger partial charge in [0.05, 0.1) is 18.5 Å².